The molecule has 0 heterocycles. The first-order valence-corrected chi connectivity index (χ1v) is 4.83. The summed E-state index contributed by atoms with van der Waals surface area (Å²) in [4.78, 5) is 22.1. The first-order valence-electron chi connectivity index (χ1n) is 4.83. The lowest BCUT2D eigenvalue weighted by Gasteiger charge is -2.21. The number of aliphatic carboxylic acids is 1. The second kappa shape index (κ2) is 6.36. The zero-order valence-corrected chi connectivity index (χ0v) is 8.93. The molecule has 0 aliphatic carbocycles. The van der Waals surface area contributed by atoms with Crippen molar-refractivity contribution in [3.05, 3.63) is 0 Å². The van der Waals surface area contributed by atoms with Gasteiger partial charge in [0, 0.05) is 0 Å². The smallest absolute Gasteiger partial charge is 0.326 e. The van der Waals surface area contributed by atoms with Crippen LogP contribution >= 0.6 is 0 Å². The Balaban J connectivity index is 4.42. The Morgan fingerprint density at radius 3 is 2.33 bits per heavy atom. The van der Waals surface area contributed by atoms with Crippen molar-refractivity contribution in [2.24, 2.45) is 11.7 Å². The third-order valence-electron chi connectivity index (χ3n) is 2.31. The third kappa shape index (κ3) is 4.26. The van der Waals surface area contributed by atoms with Gasteiger partial charge < -0.3 is 21.3 Å². The molecule has 1 amide bonds. The molecule has 15 heavy (non-hydrogen) atoms. The number of carboxylic acid groups (broad SMARTS) is 1. The molecular weight excluding hydrogens is 200 g/mol. The fraction of sp³-hybridized carbons (Fsp3) is 0.778. The van der Waals surface area contributed by atoms with E-state index in [0.717, 1.165) is 0 Å². The molecule has 0 aromatic heterocycles. The van der Waals surface area contributed by atoms with E-state index in [2.05, 4.69) is 5.32 Å². The maximum atomic E-state index is 11.2. The predicted molar refractivity (Wildman–Crippen MR) is 54.1 cm³/mol. The van der Waals surface area contributed by atoms with Crippen molar-refractivity contribution < 1.29 is 19.8 Å². The van der Waals surface area contributed by atoms with E-state index in [1.165, 1.54) is 0 Å². The van der Waals surface area contributed by atoms with Crippen LogP contribution in [0.5, 0.6) is 0 Å². The lowest BCUT2D eigenvalue weighted by Crippen LogP contribution is -2.52. The number of aliphatic hydroxyl groups is 1. The molecule has 0 aromatic carbocycles. The molecule has 0 radical (unpaired) electrons. The molecule has 0 saturated carbocycles. The van der Waals surface area contributed by atoms with Crippen LogP contribution in [0.1, 0.15) is 20.3 Å². The van der Waals surface area contributed by atoms with E-state index < -0.39 is 30.6 Å². The molecule has 5 N–H and O–H groups in total. The van der Waals surface area contributed by atoms with Crippen molar-refractivity contribution in [1.82, 2.24) is 5.32 Å². The molecule has 0 aromatic rings. The number of nitrogens with one attached hydrogen (secondary N) is 1. The van der Waals surface area contributed by atoms with E-state index in [0.29, 0.717) is 6.42 Å². The van der Waals surface area contributed by atoms with Crippen LogP contribution in [-0.2, 0) is 9.59 Å². The van der Waals surface area contributed by atoms with Crippen molar-refractivity contribution in [1.29, 1.82) is 0 Å². The number of aliphatic hydroxyl groups excluding tert-OH is 1. The average molecular weight is 218 g/mol. The lowest BCUT2D eigenvalue weighted by molar-refractivity contribution is -0.143. The second-order valence-corrected chi connectivity index (χ2v) is 3.50. The summed E-state index contributed by atoms with van der Waals surface area (Å²) in [6, 6.07) is -2.03. The molecule has 0 aliphatic heterocycles. The summed E-state index contributed by atoms with van der Waals surface area (Å²) in [5.41, 5.74) is 5.25. The van der Waals surface area contributed by atoms with Gasteiger partial charge in [0.2, 0.25) is 5.91 Å². The minimum absolute atomic E-state index is 0.183. The number of nitrogens with two attached hydrogens (primary N) is 1. The minimum atomic E-state index is -1.09. The van der Waals surface area contributed by atoms with Crippen LogP contribution in [0.2, 0.25) is 0 Å². The van der Waals surface area contributed by atoms with Crippen LogP contribution in [0.15, 0.2) is 0 Å². The van der Waals surface area contributed by atoms with E-state index in [1.54, 1.807) is 6.92 Å². The molecular formula is C9H18N2O4. The van der Waals surface area contributed by atoms with Crippen LogP contribution < -0.4 is 11.1 Å². The highest BCUT2D eigenvalue weighted by atomic mass is 16.4. The quantitative estimate of drug-likeness (QED) is 0.453. The highest BCUT2D eigenvalue weighted by molar-refractivity contribution is 5.86. The molecule has 0 aliphatic rings. The number of rotatable bonds is 6. The Morgan fingerprint density at radius 1 is 1.47 bits per heavy atom. The van der Waals surface area contributed by atoms with Crippen molar-refractivity contribution in [3.63, 3.8) is 0 Å². The largest absolute Gasteiger partial charge is 0.480 e. The Morgan fingerprint density at radius 2 is 2.00 bits per heavy atom. The van der Waals surface area contributed by atoms with Gasteiger partial charge in [0.05, 0.1) is 6.61 Å². The highest BCUT2D eigenvalue weighted by Gasteiger charge is 2.26. The summed E-state index contributed by atoms with van der Waals surface area (Å²) in [5, 5.41) is 19.8. The number of carbonyl (C=O) groups excluding carboxylic acids is 1. The molecule has 3 atom stereocenters. The van der Waals surface area contributed by atoms with Gasteiger partial charge in [-0.15, -0.1) is 0 Å². The van der Waals surface area contributed by atoms with Gasteiger partial charge in [-0.2, -0.15) is 0 Å². The summed E-state index contributed by atoms with van der Waals surface area (Å²) in [7, 11) is 0. The molecule has 3 unspecified atom stereocenters. The van der Waals surface area contributed by atoms with Crippen molar-refractivity contribution in [2.45, 2.75) is 32.4 Å². The van der Waals surface area contributed by atoms with Crippen molar-refractivity contribution >= 4 is 11.9 Å². The molecule has 0 spiro atoms. The van der Waals surface area contributed by atoms with Crippen LogP contribution in [0.4, 0.5) is 0 Å². The molecule has 6 heteroatoms. The second-order valence-electron chi connectivity index (χ2n) is 3.50. The number of carbonyl (C=O) groups is 2. The monoisotopic (exact) mass is 218 g/mol. The van der Waals surface area contributed by atoms with Crippen molar-refractivity contribution in [2.75, 3.05) is 6.61 Å². The molecule has 0 saturated heterocycles. The van der Waals surface area contributed by atoms with E-state index >= 15 is 0 Å². The third-order valence-corrected chi connectivity index (χ3v) is 2.31. The SMILES string of the molecule is CCC(C)C(NC(=O)C(N)CO)C(=O)O. The lowest BCUT2D eigenvalue weighted by atomic mass is 9.99. The van der Waals surface area contributed by atoms with Gasteiger partial charge in [0.25, 0.3) is 0 Å². The highest BCUT2D eigenvalue weighted by Crippen LogP contribution is 2.07. The first-order chi connectivity index (χ1) is 6.93. The van der Waals surface area contributed by atoms with E-state index in [9.17, 15) is 9.59 Å². The number of hydrogen-bond acceptors (Lipinski definition) is 4. The van der Waals surface area contributed by atoms with Gasteiger partial charge in [-0.3, -0.25) is 4.79 Å². The Bertz CT molecular complexity index is 232. The first kappa shape index (κ1) is 13.9. The van der Waals surface area contributed by atoms with Gasteiger partial charge in [0.1, 0.15) is 12.1 Å². The summed E-state index contributed by atoms with van der Waals surface area (Å²) in [5.74, 6) is -1.93. The number of carboxylic acids is 1. The van der Waals surface area contributed by atoms with Gasteiger partial charge in [-0.25, -0.2) is 4.79 Å². The zero-order chi connectivity index (χ0) is 12.0. The maximum absolute atomic E-state index is 11.2. The van der Waals surface area contributed by atoms with Gasteiger partial charge in [0.15, 0.2) is 0 Å². The van der Waals surface area contributed by atoms with Gasteiger partial charge in [-0.05, 0) is 5.92 Å². The van der Waals surface area contributed by atoms with Crippen LogP contribution in [-0.4, -0.2) is 40.8 Å². The fourth-order valence-corrected chi connectivity index (χ4v) is 1.03. The maximum Gasteiger partial charge on any atom is 0.326 e. The molecule has 6 nitrogen and oxygen atoms in total. The van der Waals surface area contributed by atoms with Gasteiger partial charge in [-0.1, -0.05) is 20.3 Å². The summed E-state index contributed by atoms with van der Waals surface area (Å²) in [6.07, 6.45) is 0.631. The fourth-order valence-electron chi connectivity index (χ4n) is 1.03. The van der Waals surface area contributed by atoms with Crippen molar-refractivity contribution in [3.8, 4) is 0 Å². The number of amides is 1. The minimum Gasteiger partial charge on any atom is -0.480 e. The molecule has 88 valence electrons. The van der Waals surface area contributed by atoms with Crippen LogP contribution in [0.25, 0.3) is 0 Å². The molecule has 0 fully saturated rings. The summed E-state index contributed by atoms with van der Waals surface area (Å²) in [6.45, 7) is 3.06. The standard InChI is InChI=1S/C9H18N2O4/c1-3-5(2)7(9(14)15)11-8(13)6(10)4-12/h5-7,12H,3-4,10H2,1-2H3,(H,11,13)(H,14,15). The Kier molecular flexibility index (Phi) is 5.88. The Labute approximate surface area is 88.5 Å². The normalized spacial score (nSPS) is 16.5. The van der Waals surface area contributed by atoms with Gasteiger partial charge >= 0.3 is 5.97 Å². The Hall–Kier alpha value is -1.14. The summed E-state index contributed by atoms with van der Waals surface area (Å²) >= 11 is 0. The average Bonchev–Trinajstić information content (AvgIpc) is 2.22. The molecule has 0 bridgehead atoms. The predicted octanol–water partition coefficient (Wildman–Crippen LogP) is -1.08. The van der Waals surface area contributed by atoms with Crippen LogP contribution in [0.3, 0.4) is 0 Å². The van der Waals surface area contributed by atoms with Crippen LogP contribution in [0, 0.1) is 5.92 Å². The number of hydrogen-bond donors (Lipinski definition) is 4. The summed E-state index contributed by atoms with van der Waals surface area (Å²) < 4.78 is 0. The zero-order valence-electron chi connectivity index (χ0n) is 8.93. The topological polar surface area (TPSA) is 113 Å². The van der Waals surface area contributed by atoms with E-state index in [4.69, 9.17) is 15.9 Å². The van der Waals surface area contributed by atoms with E-state index in [-0.39, 0.29) is 5.92 Å². The van der Waals surface area contributed by atoms with E-state index in [1.807, 2.05) is 6.92 Å². The molecule has 0 rings (SSSR count).